The second kappa shape index (κ2) is 7.46. The van der Waals surface area contributed by atoms with Gasteiger partial charge in [0.25, 0.3) is 11.5 Å². The summed E-state index contributed by atoms with van der Waals surface area (Å²) in [5.74, 6) is -0.142. The molecule has 0 spiro atoms. The van der Waals surface area contributed by atoms with Crippen LogP contribution in [0, 0.1) is 0 Å². The fraction of sp³-hybridized carbons (Fsp3) is 0.444. The lowest BCUT2D eigenvalue weighted by molar-refractivity contribution is -0.139. The predicted molar refractivity (Wildman–Crippen MR) is 92.5 cm³/mol. The maximum Gasteiger partial charge on any atom is 0.325 e. The number of esters is 1. The second-order valence-electron chi connectivity index (χ2n) is 6.14. The molecule has 2 aromatic rings. The molecule has 2 heterocycles. The Kier molecular flexibility index (Phi) is 5.11. The summed E-state index contributed by atoms with van der Waals surface area (Å²) in [6, 6.07) is 4.81. The molecule has 1 aliphatic rings. The number of methoxy groups -OCH3 is 1. The highest BCUT2D eigenvalue weighted by Crippen LogP contribution is 2.16. The lowest BCUT2D eigenvalue weighted by Crippen LogP contribution is -2.30. The number of hydrogen-bond acceptors (Lipinski definition) is 5. The number of rotatable bonds is 3. The third-order valence-electron chi connectivity index (χ3n) is 4.45. The van der Waals surface area contributed by atoms with Crippen molar-refractivity contribution >= 4 is 22.8 Å². The number of aromatic nitrogens is 2. The van der Waals surface area contributed by atoms with Gasteiger partial charge in [-0.3, -0.25) is 19.0 Å². The van der Waals surface area contributed by atoms with Gasteiger partial charge in [0.1, 0.15) is 12.4 Å². The number of amides is 1. The summed E-state index contributed by atoms with van der Waals surface area (Å²) in [5, 5.41) is 2.99. The molecule has 7 heteroatoms. The number of nitrogens with one attached hydrogen (secondary N) is 1. The summed E-state index contributed by atoms with van der Waals surface area (Å²) in [6.07, 6.45) is 5.03. The number of benzene rings is 1. The van der Waals surface area contributed by atoms with Crippen molar-refractivity contribution in [1.82, 2.24) is 14.9 Å². The molecule has 0 saturated heterocycles. The molecule has 1 N–H and O–H groups in total. The Morgan fingerprint density at radius 2 is 2.04 bits per heavy atom. The second-order valence-corrected chi connectivity index (χ2v) is 6.14. The van der Waals surface area contributed by atoms with Crippen molar-refractivity contribution < 1.29 is 14.3 Å². The van der Waals surface area contributed by atoms with Gasteiger partial charge in [-0.2, -0.15) is 0 Å². The van der Waals surface area contributed by atoms with Gasteiger partial charge in [0.05, 0.1) is 18.0 Å². The van der Waals surface area contributed by atoms with Crippen LogP contribution in [0.2, 0.25) is 0 Å². The molecule has 25 heavy (non-hydrogen) atoms. The van der Waals surface area contributed by atoms with Crippen LogP contribution in [0.4, 0.5) is 0 Å². The number of carbonyl (C=O) groups is 2. The Morgan fingerprint density at radius 1 is 1.24 bits per heavy atom. The average molecular weight is 343 g/mol. The van der Waals surface area contributed by atoms with Crippen LogP contribution < -0.4 is 10.9 Å². The topological polar surface area (TPSA) is 90.3 Å². The smallest absolute Gasteiger partial charge is 0.325 e. The van der Waals surface area contributed by atoms with Gasteiger partial charge in [-0.15, -0.1) is 0 Å². The SMILES string of the molecule is COC(=O)CNC(=O)c1ccc2c(=O)n3c(nc2c1)CCCCCC3. The van der Waals surface area contributed by atoms with Crippen LogP contribution in [-0.4, -0.2) is 35.1 Å². The first-order valence-corrected chi connectivity index (χ1v) is 8.48. The molecule has 0 aliphatic carbocycles. The van der Waals surface area contributed by atoms with E-state index in [-0.39, 0.29) is 12.1 Å². The van der Waals surface area contributed by atoms with Gasteiger partial charge in [-0.05, 0) is 31.0 Å². The van der Waals surface area contributed by atoms with E-state index in [0.29, 0.717) is 23.0 Å². The molecule has 0 fully saturated rings. The third-order valence-corrected chi connectivity index (χ3v) is 4.45. The molecule has 1 aliphatic heterocycles. The highest BCUT2D eigenvalue weighted by atomic mass is 16.5. The summed E-state index contributed by atoms with van der Waals surface area (Å²) in [7, 11) is 1.26. The molecule has 0 unspecified atom stereocenters. The minimum atomic E-state index is -0.521. The summed E-state index contributed by atoms with van der Waals surface area (Å²) in [5.41, 5.74) is 0.824. The van der Waals surface area contributed by atoms with Crippen LogP contribution in [0.15, 0.2) is 23.0 Å². The lowest BCUT2D eigenvalue weighted by Gasteiger charge is -2.16. The monoisotopic (exact) mass is 343 g/mol. The zero-order valence-electron chi connectivity index (χ0n) is 14.2. The summed E-state index contributed by atoms with van der Waals surface area (Å²) in [6.45, 7) is 0.492. The van der Waals surface area contributed by atoms with Crippen LogP contribution in [0.5, 0.6) is 0 Å². The molecule has 0 radical (unpaired) electrons. The summed E-state index contributed by atoms with van der Waals surface area (Å²) in [4.78, 5) is 40.6. The van der Waals surface area contributed by atoms with E-state index in [9.17, 15) is 14.4 Å². The lowest BCUT2D eigenvalue weighted by atomic mass is 10.1. The molecule has 3 rings (SSSR count). The van der Waals surface area contributed by atoms with Crippen molar-refractivity contribution in [1.29, 1.82) is 0 Å². The van der Waals surface area contributed by atoms with E-state index >= 15 is 0 Å². The maximum absolute atomic E-state index is 12.7. The zero-order valence-corrected chi connectivity index (χ0v) is 14.2. The molecule has 1 amide bonds. The van der Waals surface area contributed by atoms with Gasteiger partial charge in [0.15, 0.2) is 0 Å². The highest BCUT2D eigenvalue weighted by molar-refractivity contribution is 5.98. The molecule has 132 valence electrons. The number of hydrogen-bond donors (Lipinski definition) is 1. The zero-order chi connectivity index (χ0) is 17.8. The first kappa shape index (κ1) is 17.1. The van der Waals surface area contributed by atoms with Crippen LogP contribution in [0.25, 0.3) is 10.9 Å². The van der Waals surface area contributed by atoms with Crippen molar-refractivity contribution in [3.05, 3.63) is 39.9 Å². The standard InChI is InChI=1S/C18H21N3O4/c1-25-16(22)11-19-17(23)12-7-8-13-14(10-12)20-15-6-4-2-3-5-9-21(15)18(13)24/h7-8,10H,2-6,9,11H2,1H3,(H,19,23). The fourth-order valence-electron chi connectivity index (χ4n) is 3.06. The van der Waals surface area contributed by atoms with Crippen LogP contribution in [0.3, 0.4) is 0 Å². The van der Waals surface area contributed by atoms with Gasteiger partial charge >= 0.3 is 5.97 Å². The van der Waals surface area contributed by atoms with Crippen molar-refractivity contribution in [2.75, 3.05) is 13.7 Å². The van der Waals surface area contributed by atoms with Gasteiger partial charge in [0, 0.05) is 18.5 Å². The first-order chi connectivity index (χ1) is 12.1. The molecule has 0 bridgehead atoms. The normalized spacial score (nSPS) is 14.3. The molecule has 1 aromatic carbocycles. The number of aryl methyl sites for hydroxylation is 1. The van der Waals surface area contributed by atoms with Crippen LogP contribution in [0.1, 0.15) is 41.9 Å². The number of ether oxygens (including phenoxy) is 1. The largest absolute Gasteiger partial charge is 0.468 e. The van der Waals surface area contributed by atoms with Crippen LogP contribution >= 0.6 is 0 Å². The van der Waals surface area contributed by atoms with Crippen molar-refractivity contribution in [3.63, 3.8) is 0 Å². The molecule has 0 atom stereocenters. The fourth-order valence-corrected chi connectivity index (χ4v) is 3.06. The molecular weight excluding hydrogens is 322 g/mol. The van der Waals surface area contributed by atoms with Gasteiger partial charge in [-0.1, -0.05) is 12.8 Å². The van der Waals surface area contributed by atoms with Crippen molar-refractivity contribution in [2.24, 2.45) is 0 Å². The molecule has 0 saturated carbocycles. The van der Waals surface area contributed by atoms with Crippen molar-refractivity contribution in [2.45, 2.75) is 38.6 Å². The number of carbonyl (C=O) groups excluding carboxylic acids is 2. The third kappa shape index (κ3) is 3.70. The van der Waals surface area contributed by atoms with Gasteiger partial charge < -0.3 is 10.1 Å². The van der Waals surface area contributed by atoms with E-state index in [0.717, 1.165) is 37.9 Å². The highest BCUT2D eigenvalue weighted by Gasteiger charge is 2.15. The number of nitrogens with zero attached hydrogens (tertiary/aromatic N) is 2. The quantitative estimate of drug-likeness (QED) is 0.851. The van der Waals surface area contributed by atoms with E-state index in [1.54, 1.807) is 22.8 Å². The van der Waals surface area contributed by atoms with Crippen molar-refractivity contribution in [3.8, 4) is 0 Å². The van der Waals surface area contributed by atoms with Crippen LogP contribution in [-0.2, 0) is 22.5 Å². The predicted octanol–water partition coefficient (Wildman–Crippen LogP) is 1.42. The summed E-state index contributed by atoms with van der Waals surface area (Å²) < 4.78 is 6.26. The van der Waals surface area contributed by atoms with E-state index in [2.05, 4.69) is 15.0 Å². The Bertz CT molecular complexity index is 872. The van der Waals surface area contributed by atoms with E-state index in [1.807, 2.05) is 0 Å². The van der Waals surface area contributed by atoms with E-state index in [1.165, 1.54) is 7.11 Å². The molecule has 7 nitrogen and oxygen atoms in total. The van der Waals surface area contributed by atoms with E-state index < -0.39 is 11.9 Å². The Balaban J connectivity index is 1.94. The molecule has 1 aromatic heterocycles. The number of fused-ring (bicyclic) bond motifs is 2. The van der Waals surface area contributed by atoms with E-state index in [4.69, 9.17) is 0 Å². The first-order valence-electron chi connectivity index (χ1n) is 8.48. The summed E-state index contributed by atoms with van der Waals surface area (Å²) >= 11 is 0. The Morgan fingerprint density at radius 3 is 2.84 bits per heavy atom. The minimum absolute atomic E-state index is 0.0524. The minimum Gasteiger partial charge on any atom is -0.468 e. The Hall–Kier alpha value is -2.70. The maximum atomic E-state index is 12.7. The molecular formula is C18H21N3O4. The van der Waals surface area contributed by atoms with Gasteiger partial charge in [-0.25, -0.2) is 4.98 Å². The van der Waals surface area contributed by atoms with Gasteiger partial charge in [0.2, 0.25) is 0 Å². The average Bonchev–Trinajstić information content (AvgIpc) is 2.60. The Labute approximate surface area is 145 Å².